The van der Waals surface area contributed by atoms with Crippen molar-refractivity contribution in [1.29, 1.82) is 0 Å². The molecule has 3 aromatic rings. The average molecular weight is 364 g/mol. The number of hydrogen-bond donors (Lipinski definition) is 1. The smallest absolute Gasteiger partial charge is 0.272 e. The van der Waals surface area contributed by atoms with Crippen LogP contribution in [0.2, 0.25) is 0 Å². The number of aromatic hydroxyl groups is 1. The van der Waals surface area contributed by atoms with Crippen LogP contribution in [-0.4, -0.2) is 47.7 Å². The number of benzene rings is 2. The number of ether oxygens (including phenoxy) is 2. The number of morpholine rings is 1. The van der Waals surface area contributed by atoms with Crippen molar-refractivity contribution in [3.8, 4) is 11.5 Å². The van der Waals surface area contributed by atoms with Crippen LogP contribution >= 0.6 is 0 Å². The zero-order valence-electron chi connectivity index (χ0n) is 15.0. The van der Waals surface area contributed by atoms with Crippen LogP contribution in [0.3, 0.4) is 0 Å². The molecular formula is C21H20N2O4. The maximum Gasteiger partial charge on any atom is 0.272 e. The minimum Gasteiger partial charge on any atom is -0.506 e. The van der Waals surface area contributed by atoms with Gasteiger partial charge in [0.2, 0.25) is 0 Å². The first-order chi connectivity index (χ1) is 13.1. The zero-order chi connectivity index (χ0) is 18.8. The Hall–Kier alpha value is -3.12. The van der Waals surface area contributed by atoms with Crippen LogP contribution in [0.15, 0.2) is 54.7 Å². The van der Waals surface area contributed by atoms with Gasteiger partial charge in [-0.05, 0) is 46.7 Å². The lowest BCUT2D eigenvalue weighted by Gasteiger charge is -2.33. The fraction of sp³-hybridized carbons (Fsp3) is 0.238. The lowest BCUT2D eigenvalue weighted by atomic mass is 10.0. The van der Waals surface area contributed by atoms with Crippen molar-refractivity contribution >= 4 is 16.7 Å². The highest BCUT2D eigenvalue weighted by Gasteiger charge is 2.27. The predicted molar refractivity (Wildman–Crippen MR) is 101 cm³/mol. The number of rotatable bonds is 3. The lowest BCUT2D eigenvalue weighted by molar-refractivity contribution is -0.0229. The monoisotopic (exact) mass is 364 g/mol. The Labute approximate surface area is 157 Å². The molecule has 1 aliphatic rings. The van der Waals surface area contributed by atoms with E-state index in [1.165, 1.54) is 18.3 Å². The molecule has 1 atom stereocenters. The van der Waals surface area contributed by atoms with E-state index in [-0.39, 0.29) is 17.8 Å². The first-order valence-corrected chi connectivity index (χ1v) is 8.77. The van der Waals surface area contributed by atoms with E-state index in [0.717, 1.165) is 22.1 Å². The molecule has 1 amide bonds. The van der Waals surface area contributed by atoms with E-state index >= 15 is 0 Å². The molecule has 1 aliphatic heterocycles. The summed E-state index contributed by atoms with van der Waals surface area (Å²) >= 11 is 0. The van der Waals surface area contributed by atoms with Crippen molar-refractivity contribution in [3.05, 3.63) is 66.0 Å². The minimum absolute atomic E-state index is 0.0409. The molecule has 27 heavy (non-hydrogen) atoms. The second kappa shape index (κ2) is 7.25. The van der Waals surface area contributed by atoms with Crippen LogP contribution in [0.1, 0.15) is 22.2 Å². The number of methoxy groups -OCH3 is 1. The predicted octanol–water partition coefficient (Wildman–Crippen LogP) is 3.16. The molecule has 2 heterocycles. The number of hydrogen-bond acceptors (Lipinski definition) is 5. The van der Waals surface area contributed by atoms with Crippen LogP contribution in [-0.2, 0) is 4.74 Å². The molecule has 6 nitrogen and oxygen atoms in total. The van der Waals surface area contributed by atoms with Crippen molar-refractivity contribution < 1.29 is 19.4 Å². The maximum absolute atomic E-state index is 12.7. The molecule has 1 fully saturated rings. The van der Waals surface area contributed by atoms with Crippen LogP contribution in [0.25, 0.3) is 10.8 Å². The summed E-state index contributed by atoms with van der Waals surface area (Å²) in [6, 6.07) is 15.1. The highest BCUT2D eigenvalue weighted by Crippen LogP contribution is 2.28. The van der Waals surface area contributed by atoms with Gasteiger partial charge in [0.05, 0.1) is 26.5 Å². The molecule has 0 saturated carbocycles. The molecule has 0 radical (unpaired) electrons. The number of carbonyl (C=O) groups is 1. The maximum atomic E-state index is 12.7. The van der Waals surface area contributed by atoms with Gasteiger partial charge in [-0.1, -0.05) is 18.2 Å². The van der Waals surface area contributed by atoms with Crippen molar-refractivity contribution in [1.82, 2.24) is 9.88 Å². The minimum atomic E-state index is -0.189. The molecule has 2 aromatic carbocycles. The van der Waals surface area contributed by atoms with E-state index in [1.54, 1.807) is 12.0 Å². The standard InChI is InChI=1S/C21H20N2O4/c1-26-18-6-4-14-10-16(3-2-15(14)11-18)20-13-23(8-9-27-20)21(25)19-7-5-17(24)12-22-19/h2-7,10-12,20,24H,8-9,13H2,1H3. The Morgan fingerprint density at radius 1 is 1.19 bits per heavy atom. The molecular weight excluding hydrogens is 344 g/mol. The van der Waals surface area contributed by atoms with Gasteiger partial charge >= 0.3 is 0 Å². The summed E-state index contributed by atoms with van der Waals surface area (Å²) in [4.78, 5) is 18.4. The summed E-state index contributed by atoms with van der Waals surface area (Å²) in [5, 5.41) is 11.5. The second-order valence-electron chi connectivity index (χ2n) is 6.48. The number of carbonyl (C=O) groups excluding carboxylic acids is 1. The summed E-state index contributed by atoms with van der Waals surface area (Å²) in [6.07, 6.45) is 1.09. The molecule has 0 spiro atoms. The van der Waals surface area contributed by atoms with Crippen LogP contribution in [0.4, 0.5) is 0 Å². The Morgan fingerprint density at radius 2 is 2.00 bits per heavy atom. The topological polar surface area (TPSA) is 71.9 Å². The zero-order valence-corrected chi connectivity index (χ0v) is 15.0. The normalized spacial score (nSPS) is 17.1. The fourth-order valence-corrected chi connectivity index (χ4v) is 3.28. The fourth-order valence-electron chi connectivity index (χ4n) is 3.28. The van der Waals surface area contributed by atoms with Gasteiger partial charge in [-0.2, -0.15) is 0 Å². The third-order valence-corrected chi connectivity index (χ3v) is 4.76. The van der Waals surface area contributed by atoms with E-state index in [2.05, 4.69) is 11.1 Å². The average Bonchev–Trinajstić information content (AvgIpc) is 2.73. The molecule has 138 valence electrons. The molecule has 0 bridgehead atoms. The summed E-state index contributed by atoms with van der Waals surface area (Å²) in [6.45, 7) is 1.45. The van der Waals surface area contributed by atoms with Gasteiger partial charge in [0, 0.05) is 6.54 Å². The Balaban J connectivity index is 1.54. The van der Waals surface area contributed by atoms with Gasteiger partial charge in [0.25, 0.3) is 5.91 Å². The lowest BCUT2D eigenvalue weighted by Crippen LogP contribution is -2.42. The van der Waals surface area contributed by atoms with Crippen molar-refractivity contribution in [2.45, 2.75) is 6.10 Å². The summed E-state index contributed by atoms with van der Waals surface area (Å²) in [5.74, 6) is 0.704. The highest BCUT2D eigenvalue weighted by atomic mass is 16.5. The van der Waals surface area contributed by atoms with E-state index in [1.807, 2.05) is 30.3 Å². The van der Waals surface area contributed by atoms with Gasteiger partial charge in [0.1, 0.15) is 23.3 Å². The Morgan fingerprint density at radius 3 is 2.78 bits per heavy atom. The number of pyridine rings is 1. The van der Waals surface area contributed by atoms with Gasteiger partial charge in [0.15, 0.2) is 0 Å². The van der Waals surface area contributed by atoms with E-state index in [0.29, 0.717) is 25.4 Å². The molecule has 1 unspecified atom stereocenters. The number of aromatic nitrogens is 1. The van der Waals surface area contributed by atoms with Crippen molar-refractivity contribution in [2.75, 3.05) is 26.8 Å². The van der Waals surface area contributed by atoms with E-state index in [9.17, 15) is 9.90 Å². The van der Waals surface area contributed by atoms with E-state index < -0.39 is 0 Å². The molecule has 6 heteroatoms. The SMILES string of the molecule is COc1ccc2cc(C3CN(C(=O)c4ccc(O)cn4)CCO3)ccc2c1. The number of amides is 1. The highest BCUT2D eigenvalue weighted by molar-refractivity contribution is 5.92. The Bertz CT molecular complexity index is 972. The molecule has 1 N–H and O–H groups in total. The van der Waals surface area contributed by atoms with Gasteiger partial charge < -0.3 is 19.5 Å². The van der Waals surface area contributed by atoms with Crippen LogP contribution in [0.5, 0.6) is 11.5 Å². The molecule has 1 saturated heterocycles. The first-order valence-electron chi connectivity index (χ1n) is 8.77. The summed E-state index contributed by atoms with van der Waals surface area (Å²) in [7, 11) is 1.65. The van der Waals surface area contributed by atoms with E-state index in [4.69, 9.17) is 9.47 Å². The van der Waals surface area contributed by atoms with Crippen molar-refractivity contribution in [3.63, 3.8) is 0 Å². The molecule has 4 rings (SSSR count). The van der Waals surface area contributed by atoms with Gasteiger partial charge in [-0.25, -0.2) is 4.98 Å². The third kappa shape index (κ3) is 3.57. The largest absolute Gasteiger partial charge is 0.506 e. The van der Waals surface area contributed by atoms with Gasteiger partial charge in [-0.15, -0.1) is 0 Å². The third-order valence-electron chi connectivity index (χ3n) is 4.76. The van der Waals surface area contributed by atoms with Crippen LogP contribution in [0, 0.1) is 0 Å². The Kier molecular flexibility index (Phi) is 4.64. The quantitative estimate of drug-likeness (QED) is 0.773. The second-order valence-corrected chi connectivity index (χ2v) is 6.48. The summed E-state index contributed by atoms with van der Waals surface area (Å²) < 4.78 is 11.2. The van der Waals surface area contributed by atoms with Gasteiger partial charge in [-0.3, -0.25) is 4.79 Å². The molecule has 0 aliphatic carbocycles. The number of fused-ring (bicyclic) bond motifs is 1. The summed E-state index contributed by atoms with van der Waals surface area (Å²) in [5.41, 5.74) is 1.35. The van der Waals surface area contributed by atoms with Crippen molar-refractivity contribution in [2.24, 2.45) is 0 Å². The van der Waals surface area contributed by atoms with Crippen LogP contribution < -0.4 is 4.74 Å². The first kappa shape index (κ1) is 17.3. The number of nitrogens with zero attached hydrogens (tertiary/aromatic N) is 2. The molecule has 1 aromatic heterocycles.